The van der Waals surface area contributed by atoms with Crippen LogP contribution in [0.15, 0.2) is 29.2 Å². The van der Waals surface area contributed by atoms with Gasteiger partial charge in [-0.15, -0.1) is 11.8 Å². The van der Waals surface area contributed by atoms with Crippen LogP contribution in [-0.4, -0.2) is 25.4 Å². The summed E-state index contributed by atoms with van der Waals surface area (Å²) in [5.41, 5.74) is 6.11. The summed E-state index contributed by atoms with van der Waals surface area (Å²) in [7, 11) is 0. The molecule has 3 nitrogen and oxygen atoms in total. The van der Waals surface area contributed by atoms with Crippen molar-refractivity contribution < 1.29 is 9.53 Å². The molecule has 17 heavy (non-hydrogen) atoms. The van der Waals surface area contributed by atoms with Gasteiger partial charge in [-0.25, -0.2) is 0 Å². The molecule has 1 fully saturated rings. The summed E-state index contributed by atoms with van der Waals surface area (Å²) >= 11 is 1.67. The molecule has 1 aliphatic heterocycles. The molecule has 2 rings (SSSR count). The highest BCUT2D eigenvalue weighted by Gasteiger charge is 2.40. The third-order valence-electron chi connectivity index (χ3n) is 3.44. The van der Waals surface area contributed by atoms with E-state index in [1.54, 1.807) is 11.8 Å². The zero-order valence-corrected chi connectivity index (χ0v) is 10.8. The van der Waals surface area contributed by atoms with Crippen molar-refractivity contribution in [1.82, 2.24) is 0 Å². The summed E-state index contributed by atoms with van der Waals surface area (Å²) in [6.07, 6.45) is 3.39. The average molecular weight is 251 g/mol. The number of nitrogens with two attached hydrogens (primary N) is 1. The fourth-order valence-corrected chi connectivity index (χ4v) is 2.78. The summed E-state index contributed by atoms with van der Waals surface area (Å²) < 4.78 is 5.34. The lowest BCUT2D eigenvalue weighted by molar-refractivity contribution is -0.127. The number of hydrogen-bond donors (Lipinski definition) is 1. The highest BCUT2D eigenvalue weighted by atomic mass is 32.2. The Morgan fingerprint density at radius 2 is 2.12 bits per heavy atom. The number of carbonyl (C=O) groups is 1. The molecule has 0 saturated carbocycles. The molecule has 1 aliphatic rings. The van der Waals surface area contributed by atoms with Crippen LogP contribution in [-0.2, 0) is 14.9 Å². The lowest BCUT2D eigenvalue weighted by atomic mass is 9.73. The van der Waals surface area contributed by atoms with Crippen LogP contribution >= 0.6 is 11.8 Å². The molecule has 1 aromatic rings. The van der Waals surface area contributed by atoms with Crippen LogP contribution in [0.4, 0.5) is 0 Å². The third kappa shape index (κ3) is 2.33. The van der Waals surface area contributed by atoms with E-state index >= 15 is 0 Å². The van der Waals surface area contributed by atoms with Gasteiger partial charge in [0.15, 0.2) is 0 Å². The topological polar surface area (TPSA) is 52.3 Å². The Hall–Kier alpha value is -1.00. The van der Waals surface area contributed by atoms with E-state index in [1.165, 1.54) is 0 Å². The fraction of sp³-hybridized carbons (Fsp3) is 0.462. The van der Waals surface area contributed by atoms with Crippen molar-refractivity contribution in [3.8, 4) is 0 Å². The van der Waals surface area contributed by atoms with Gasteiger partial charge in [-0.3, -0.25) is 4.79 Å². The van der Waals surface area contributed by atoms with Crippen LogP contribution in [0.3, 0.4) is 0 Å². The molecule has 0 unspecified atom stereocenters. The summed E-state index contributed by atoms with van der Waals surface area (Å²) in [6.45, 7) is 1.21. The summed E-state index contributed by atoms with van der Waals surface area (Å²) in [5, 5.41) is 0. The van der Waals surface area contributed by atoms with E-state index < -0.39 is 5.41 Å². The predicted octanol–water partition coefficient (Wildman–Crippen LogP) is 1.94. The van der Waals surface area contributed by atoms with Crippen LogP contribution in [0, 0.1) is 0 Å². The summed E-state index contributed by atoms with van der Waals surface area (Å²) in [4.78, 5) is 13.0. The maximum atomic E-state index is 11.8. The van der Waals surface area contributed by atoms with Gasteiger partial charge in [0.1, 0.15) is 0 Å². The highest BCUT2D eigenvalue weighted by molar-refractivity contribution is 7.98. The molecule has 0 bridgehead atoms. The normalized spacial score (nSPS) is 18.9. The van der Waals surface area contributed by atoms with Crippen LogP contribution in [0.2, 0.25) is 0 Å². The summed E-state index contributed by atoms with van der Waals surface area (Å²) in [5.74, 6) is -0.237. The van der Waals surface area contributed by atoms with E-state index in [9.17, 15) is 4.79 Å². The minimum Gasteiger partial charge on any atom is -0.381 e. The zero-order chi connectivity index (χ0) is 12.3. The van der Waals surface area contributed by atoms with Gasteiger partial charge < -0.3 is 10.5 Å². The smallest absolute Gasteiger partial charge is 0.228 e. The molecule has 1 heterocycles. The number of thioether (sulfide) groups is 1. The van der Waals surface area contributed by atoms with Gasteiger partial charge in [0.25, 0.3) is 0 Å². The monoisotopic (exact) mass is 251 g/mol. The van der Waals surface area contributed by atoms with Crippen LogP contribution < -0.4 is 5.73 Å². The molecule has 0 aliphatic carbocycles. The number of hydrogen-bond acceptors (Lipinski definition) is 3. The Labute approximate surface area is 106 Å². The number of primary amides is 1. The molecule has 2 N–H and O–H groups in total. The molecule has 1 amide bonds. The van der Waals surface area contributed by atoms with Gasteiger partial charge in [0.05, 0.1) is 5.41 Å². The second-order valence-corrected chi connectivity index (χ2v) is 5.17. The van der Waals surface area contributed by atoms with Crippen molar-refractivity contribution in [2.45, 2.75) is 23.2 Å². The molecule has 0 radical (unpaired) electrons. The van der Waals surface area contributed by atoms with E-state index in [0.717, 1.165) is 10.5 Å². The van der Waals surface area contributed by atoms with E-state index in [2.05, 4.69) is 6.07 Å². The van der Waals surface area contributed by atoms with Crippen molar-refractivity contribution in [2.75, 3.05) is 19.5 Å². The van der Waals surface area contributed by atoms with Gasteiger partial charge in [-0.1, -0.05) is 12.1 Å². The molecular weight excluding hydrogens is 234 g/mol. The number of amides is 1. The lowest BCUT2D eigenvalue weighted by Gasteiger charge is -2.34. The van der Waals surface area contributed by atoms with Crippen molar-refractivity contribution in [1.29, 1.82) is 0 Å². The number of ether oxygens (including phenoxy) is 1. The third-order valence-corrected chi connectivity index (χ3v) is 4.17. The molecular formula is C13H17NO2S. The Morgan fingerprint density at radius 1 is 1.41 bits per heavy atom. The second-order valence-electron chi connectivity index (χ2n) is 4.29. The molecule has 1 saturated heterocycles. The van der Waals surface area contributed by atoms with E-state index in [1.807, 2.05) is 24.5 Å². The van der Waals surface area contributed by atoms with E-state index in [-0.39, 0.29) is 5.91 Å². The second kappa shape index (κ2) is 5.10. The minimum absolute atomic E-state index is 0.237. The SMILES string of the molecule is CSc1cccc(C2(C(N)=O)CCOCC2)c1. The van der Waals surface area contributed by atoms with Crippen molar-refractivity contribution in [3.05, 3.63) is 29.8 Å². The Balaban J connectivity index is 2.41. The van der Waals surface area contributed by atoms with Gasteiger partial charge >= 0.3 is 0 Å². The van der Waals surface area contributed by atoms with Crippen molar-refractivity contribution in [3.63, 3.8) is 0 Å². The zero-order valence-electron chi connectivity index (χ0n) is 9.94. The molecule has 4 heteroatoms. The summed E-state index contributed by atoms with van der Waals surface area (Å²) in [6, 6.07) is 8.10. The van der Waals surface area contributed by atoms with Crippen molar-refractivity contribution in [2.24, 2.45) is 5.73 Å². The van der Waals surface area contributed by atoms with Crippen LogP contribution in [0.1, 0.15) is 18.4 Å². The molecule has 1 aromatic carbocycles. The predicted molar refractivity (Wildman–Crippen MR) is 69.1 cm³/mol. The molecule has 0 spiro atoms. The van der Waals surface area contributed by atoms with Crippen LogP contribution in [0.5, 0.6) is 0 Å². The lowest BCUT2D eigenvalue weighted by Crippen LogP contribution is -2.45. The van der Waals surface area contributed by atoms with Gasteiger partial charge in [-0.2, -0.15) is 0 Å². The number of benzene rings is 1. The number of carbonyl (C=O) groups excluding carboxylic acids is 1. The first-order valence-electron chi connectivity index (χ1n) is 5.71. The van der Waals surface area contributed by atoms with Crippen molar-refractivity contribution >= 4 is 17.7 Å². The maximum Gasteiger partial charge on any atom is 0.228 e. The van der Waals surface area contributed by atoms with E-state index in [4.69, 9.17) is 10.5 Å². The maximum absolute atomic E-state index is 11.8. The number of rotatable bonds is 3. The molecule has 92 valence electrons. The van der Waals surface area contributed by atoms with Gasteiger partial charge in [-0.05, 0) is 36.8 Å². The standard InChI is InChI=1S/C13H17NO2S/c1-17-11-4-2-3-10(9-11)13(12(14)15)5-7-16-8-6-13/h2-4,9H,5-8H2,1H3,(H2,14,15). The van der Waals surface area contributed by atoms with Gasteiger partial charge in [0.2, 0.25) is 5.91 Å². The first kappa shape index (κ1) is 12.5. The van der Waals surface area contributed by atoms with E-state index in [0.29, 0.717) is 26.1 Å². The Kier molecular flexibility index (Phi) is 3.74. The average Bonchev–Trinajstić information content (AvgIpc) is 2.39. The van der Waals surface area contributed by atoms with Crippen LogP contribution in [0.25, 0.3) is 0 Å². The first-order chi connectivity index (χ1) is 8.19. The van der Waals surface area contributed by atoms with Gasteiger partial charge in [0, 0.05) is 18.1 Å². The minimum atomic E-state index is -0.538. The Morgan fingerprint density at radius 3 is 2.71 bits per heavy atom. The fourth-order valence-electron chi connectivity index (χ4n) is 2.32. The molecule has 0 aromatic heterocycles. The Bertz CT molecular complexity index is 414. The largest absolute Gasteiger partial charge is 0.381 e. The quantitative estimate of drug-likeness (QED) is 0.835. The first-order valence-corrected chi connectivity index (χ1v) is 6.94. The molecule has 0 atom stereocenters. The highest BCUT2D eigenvalue weighted by Crippen LogP contribution is 2.35.